The topological polar surface area (TPSA) is 102 Å². The molecule has 2 N–H and O–H groups in total. The SMILES string of the molecule is CCCCCC=CCC=CCC=CCC=CCCCCO[C@H](COC(=O)CCCCCCCCCCCCCCCCC)COP(=O)(O)O. The standard InChI is InChI=1S/C41H75O7P/c1-3-5-7-9-11-13-15-17-19-20-21-23-25-27-29-31-33-35-37-46-40(39-48-49(43,44)45)38-47-41(42)36-34-32-30-28-26-24-22-18-16-14-12-10-8-6-4-2/h11,13,17,19,21,23,27,29,40H,3-10,12,14-16,18,20,22,24-26,28,30-39H2,1-2H3,(H2,43,44,45)/t40-/m1/s1. The van der Waals surface area contributed by atoms with E-state index < -0.39 is 13.9 Å². The summed E-state index contributed by atoms with van der Waals surface area (Å²) in [7, 11) is -4.63. The van der Waals surface area contributed by atoms with Crippen LogP contribution in [0.1, 0.15) is 181 Å². The maximum Gasteiger partial charge on any atom is 0.469 e. The second-order valence-corrected chi connectivity index (χ2v) is 14.5. The number of phosphoric ester groups is 1. The van der Waals surface area contributed by atoms with Gasteiger partial charge in [0.25, 0.3) is 0 Å². The van der Waals surface area contributed by atoms with E-state index >= 15 is 0 Å². The normalized spacial score (nSPS) is 13.1. The minimum absolute atomic E-state index is 0.0747. The van der Waals surface area contributed by atoms with Gasteiger partial charge in [0.05, 0.1) is 6.61 Å². The van der Waals surface area contributed by atoms with Crippen molar-refractivity contribution in [3.8, 4) is 0 Å². The fraction of sp³-hybridized carbons (Fsp3) is 0.780. The molecule has 7 nitrogen and oxygen atoms in total. The van der Waals surface area contributed by atoms with Crippen LogP contribution in [0.25, 0.3) is 0 Å². The van der Waals surface area contributed by atoms with Crippen molar-refractivity contribution in [2.45, 2.75) is 187 Å². The van der Waals surface area contributed by atoms with E-state index in [1.54, 1.807) is 0 Å². The lowest BCUT2D eigenvalue weighted by atomic mass is 10.0. The van der Waals surface area contributed by atoms with Crippen LogP contribution in [0.2, 0.25) is 0 Å². The first-order valence-electron chi connectivity index (χ1n) is 20.0. The Morgan fingerprint density at radius 2 is 0.959 bits per heavy atom. The highest BCUT2D eigenvalue weighted by molar-refractivity contribution is 7.46. The van der Waals surface area contributed by atoms with Gasteiger partial charge < -0.3 is 19.3 Å². The predicted octanol–water partition coefficient (Wildman–Crippen LogP) is 12.4. The van der Waals surface area contributed by atoms with Crippen LogP contribution in [0, 0.1) is 0 Å². The monoisotopic (exact) mass is 711 g/mol. The quantitative estimate of drug-likeness (QED) is 0.0286. The van der Waals surface area contributed by atoms with Gasteiger partial charge in [0.15, 0.2) is 0 Å². The second kappa shape index (κ2) is 37.7. The molecule has 0 unspecified atom stereocenters. The summed E-state index contributed by atoms with van der Waals surface area (Å²) in [6, 6.07) is 0. The third kappa shape index (κ3) is 40.8. The summed E-state index contributed by atoms with van der Waals surface area (Å²) in [6.07, 6.45) is 46.9. The van der Waals surface area contributed by atoms with Crippen LogP contribution in [0.3, 0.4) is 0 Å². The van der Waals surface area contributed by atoms with Crippen LogP contribution in [0.5, 0.6) is 0 Å². The first-order chi connectivity index (χ1) is 23.9. The zero-order chi connectivity index (χ0) is 35.9. The second-order valence-electron chi connectivity index (χ2n) is 13.2. The molecule has 49 heavy (non-hydrogen) atoms. The highest BCUT2D eigenvalue weighted by Gasteiger charge is 2.20. The third-order valence-electron chi connectivity index (χ3n) is 8.42. The summed E-state index contributed by atoms with van der Waals surface area (Å²) in [6.45, 7) is 4.49. The van der Waals surface area contributed by atoms with Gasteiger partial charge in [0.2, 0.25) is 0 Å². The Morgan fingerprint density at radius 3 is 1.43 bits per heavy atom. The Kier molecular flexibility index (Phi) is 36.6. The molecule has 0 aromatic rings. The van der Waals surface area contributed by atoms with E-state index in [2.05, 4.69) is 67.0 Å². The number of unbranched alkanes of at least 4 members (excludes halogenated alkanes) is 19. The lowest BCUT2D eigenvalue weighted by Crippen LogP contribution is -2.27. The van der Waals surface area contributed by atoms with Crippen molar-refractivity contribution >= 4 is 13.8 Å². The van der Waals surface area contributed by atoms with Crippen LogP contribution in [-0.2, 0) is 23.4 Å². The molecule has 0 heterocycles. The van der Waals surface area contributed by atoms with E-state index in [4.69, 9.17) is 19.3 Å². The Labute approximate surface area is 301 Å². The molecular formula is C41H75O7P. The summed E-state index contributed by atoms with van der Waals surface area (Å²) in [5.74, 6) is -0.306. The van der Waals surface area contributed by atoms with Crippen molar-refractivity contribution in [1.82, 2.24) is 0 Å². The molecule has 0 saturated heterocycles. The smallest absolute Gasteiger partial charge is 0.463 e. The van der Waals surface area contributed by atoms with Gasteiger partial charge in [-0.25, -0.2) is 4.57 Å². The largest absolute Gasteiger partial charge is 0.469 e. The van der Waals surface area contributed by atoms with Crippen molar-refractivity contribution < 1.29 is 33.1 Å². The molecule has 0 spiro atoms. The van der Waals surface area contributed by atoms with E-state index in [1.165, 1.54) is 103 Å². The molecule has 0 aromatic carbocycles. The Morgan fingerprint density at radius 1 is 0.551 bits per heavy atom. The maximum absolute atomic E-state index is 12.2. The van der Waals surface area contributed by atoms with E-state index in [0.29, 0.717) is 13.0 Å². The molecule has 0 rings (SSSR count). The van der Waals surface area contributed by atoms with Crippen molar-refractivity contribution in [2.24, 2.45) is 0 Å². The number of phosphoric acid groups is 1. The fourth-order valence-corrected chi connectivity index (χ4v) is 5.76. The molecule has 1 atom stereocenters. The minimum Gasteiger partial charge on any atom is -0.463 e. The van der Waals surface area contributed by atoms with Crippen molar-refractivity contribution in [3.05, 3.63) is 48.6 Å². The Balaban J connectivity index is 3.90. The molecule has 0 bridgehead atoms. The number of carbonyl (C=O) groups is 1. The number of rotatable bonds is 37. The zero-order valence-electron chi connectivity index (χ0n) is 31.6. The molecule has 0 aliphatic rings. The van der Waals surface area contributed by atoms with Crippen LogP contribution < -0.4 is 0 Å². The summed E-state index contributed by atoms with van der Waals surface area (Å²) in [5, 5.41) is 0. The lowest BCUT2D eigenvalue weighted by Gasteiger charge is -2.18. The number of hydrogen-bond acceptors (Lipinski definition) is 5. The fourth-order valence-electron chi connectivity index (χ4n) is 5.40. The molecule has 0 radical (unpaired) electrons. The lowest BCUT2D eigenvalue weighted by molar-refractivity contribution is -0.149. The molecule has 0 aliphatic carbocycles. The molecule has 286 valence electrons. The number of hydrogen-bond donors (Lipinski definition) is 2. The van der Waals surface area contributed by atoms with Crippen molar-refractivity contribution in [2.75, 3.05) is 19.8 Å². The predicted molar refractivity (Wildman–Crippen MR) is 207 cm³/mol. The van der Waals surface area contributed by atoms with E-state index in [-0.39, 0.29) is 19.2 Å². The number of ether oxygens (including phenoxy) is 2. The zero-order valence-corrected chi connectivity index (χ0v) is 32.5. The van der Waals surface area contributed by atoms with Gasteiger partial charge in [0, 0.05) is 13.0 Å². The van der Waals surface area contributed by atoms with Crippen molar-refractivity contribution in [1.29, 1.82) is 0 Å². The number of esters is 1. The van der Waals surface area contributed by atoms with Crippen molar-refractivity contribution in [3.63, 3.8) is 0 Å². The average Bonchev–Trinajstić information content (AvgIpc) is 3.07. The average molecular weight is 711 g/mol. The van der Waals surface area contributed by atoms with Gasteiger partial charge in [-0.15, -0.1) is 0 Å². The highest BCUT2D eigenvalue weighted by atomic mass is 31.2. The molecule has 0 fully saturated rings. The van der Waals surface area contributed by atoms with E-state index in [1.807, 2.05) is 0 Å². The van der Waals surface area contributed by atoms with Gasteiger partial charge >= 0.3 is 13.8 Å². The van der Waals surface area contributed by atoms with E-state index in [0.717, 1.165) is 57.8 Å². The highest BCUT2D eigenvalue weighted by Crippen LogP contribution is 2.35. The molecular weight excluding hydrogens is 635 g/mol. The van der Waals surface area contributed by atoms with Gasteiger partial charge in [-0.05, 0) is 57.8 Å². The Bertz CT molecular complexity index is 877. The first kappa shape index (κ1) is 47.5. The van der Waals surface area contributed by atoms with Gasteiger partial charge in [0.1, 0.15) is 12.7 Å². The van der Waals surface area contributed by atoms with Crippen LogP contribution in [-0.4, -0.2) is 41.7 Å². The minimum atomic E-state index is -4.63. The number of allylic oxidation sites excluding steroid dienone is 8. The van der Waals surface area contributed by atoms with Crippen LogP contribution >= 0.6 is 7.82 Å². The molecule has 0 aliphatic heterocycles. The number of carbonyl (C=O) groups excluding carboxylic acids is 1. The molecule has 0 aromatic heterocycles. The maximum atomic E-state index is 12.2. The summed E-state index contributed by atoms with van der Waals surface area (Å²) >= 11 is 0. The summed E-state index contributed by atoms with van der Waals surface area (Å²) in [5.41, 5.74) is 0. The third-order valence-corrected chi connectivity index (χ3v) is 8.90. The van der Waals surface area contributed by atoms with Crippen LogP contribution in [0.4, 0.5) is 0 Å². The first-order valence-corrected chi connectivity index (χ1v) is 21.5. The van der Waals surface area contributed by atoms with Gasteiger partial charge in [-0.3, -0.25) is 9.32 Å². The van der Waals surface area contributed by atoms with Gasteiger partial charge in [-0.1, -0.05) is 165 Å². The molecule has 0 saturated carbocycles. The Hall–Kier alpha value is -1.50. The molecule has 8 heteroatoms. The molecule has 0 amide bonds. The van der Waals surface area contributed by atoms with E-state index in [9.17, 15) is 9.36 Å². The summed E-state index contributed by atoms with van der Waals surface area (Å²) in [4.78, 5) is 30.4. The van der Waals surface area contributed by atoms with Gasteiger partial charge in [-0.2, -0.15) is 0 Å². The van der Waals surface area contributed by atoms with Crippen LogP contribution in [0.15, 0.2) is 48.6 Å². The summed E-state index contributed by atoms with van der Waals surface area (Å²) < 4.78 is 26.9.